The van der Waals surface area contributed by atoms with Gasteiger partial charge in [0.15, 0.2) is 4.77 Å². The molecule has 0 aliphatic carbocycles. The van der Waals surface area contributed by atoms with Crippen LogP contribution >= 0.6 is 12.2 Å². The summed E-state index contributed by atoms with van der Waals surface area (Å²) in [5.74, 6) is -1.71. The van der Waals surface area contributed by atoms with Gasteiger partial charge in [0.25, 0.3) is 0 Å². The number of benzene rings is 2. The lowest BCUT2D eigenvalue weighted by Crippen LogP contribution is -2.36. The number of hydrogen-bond donors (Lipinski definition) is 4. The number of nitrogens with two attached hydrogens (primary N) is 2. The summed E-state index contributed by atoms with van der Waals surface area (Å²) in [7, 11) is 0. The van der Waals surface area contributed by atoms with Gasteiger partial charge in [0.1, 0.15) is 5.75 Å². The van der Waals surface area contributed by atoms with E-state index in [-0.39, 0.29) is 23.8 Å². The molecule has 3 aromatic rings. The van der Waals surface area contributed by atoms with E-state index in [0.717, 1.165) is 41.4 Å². The summed E-state index contributed by atoms with van der Waals surface area (Å²) in [6.45, 7) is 17.4. The Morgan fingerprint density at radius 3 is 1.86 bits per heavy atom. The van der Waals surface area contributed by atoms with Crippen LogP contribution in [-0.4, -0.2) is 39.8 Å². The number of hydrogen-bond acceptors (Lipinski definition) is 9. The third kappa shape index (κ3) is 12.4. The molecule has 2 heterocycles. The molecule has 2 aromatic carbocycles. The summed E-state index contributed by atoms with van der Waals surface area (Å²) in [5.41, 5.74) is 20.4. The zero-order valence-corrected chi connectivity index (χ0v) is 37.6. The Morgan fingerprint density at radius 2 is 1.31 bits per heavy atom. The van der Waals surface area contributed by atoms with Crippen LogP contribution in [0.15, 0.2) is 46.8 Å². The molecule has 58 heavy (non-hydrogen) atoms. The van der Waals surface area contributed by atoms with Gasteiger partial charge < -0.3 is 40.5 Å². The van der Waals surface area contributed by atoms with Gasteiger partial charge in [0.2, 0.25) is 0 Å². The normalized spacial score (nSPS) is 14.6. The van der Waals surface area contributed by atoms with Gasteiger partial charge in [-0.15, -0.1) is 0 Å². The Hall–Kier alpha value is -4.25. The first kappa shape index (κ1) is 46.4. The van der Waals surface area contributed by atoms with Crippen molar-refractivity contribution in [3.8, 4) is 5.75 Å². The SMILES string of the molecule is CCCCCCCCCCCCCCCc1c(N)cc(N)c(OC(C)C)c1C1C(C(=O)OC(C)C)=C(C)NC(Cn2c(=S)[nH]c3cc(C)ccc32)=C1C(=O)OC(C)C. The molecule has 0 saturated carbocycles. The maximum absolute atomic E-state index is 14.7. The molecule has 1 aliphatic heterocycles. The molecule has 0 radical (unpaired) electrons. The van der Waals surface area contributed by atoms with Gasteiger partial charge in [-0.1, -0.05) is 90.0 Å². The van der Waals surface area contributed by atoms with Gasteiger partial charge in [-0.05, 0) is 110 Å². The molecule has 1 aromatic heterocycles. The van der Waals surface area contributed by atoms with Gasteiger partial charge in [-0.25, -0.2) is 9.59 Å². The van der Waals surface area contributed by atoms with E-state index in [0.29, 0.717) is 45.3 Å². The van der Waals surface area contributed by atoms with Crippen LogP contribution in [0.4, 0.5) is 11.4 Å². The minimum Gasteiger partial charge on any atom is -0.489 e. The van der Waals surface area contributed by atoms with Gasteiger partial charge in [0.05, 0.1) is 58.6 Å². The van der Waals surface area contributed by atoms with Crippen molar-refractivity contribution in [1.29, 1.82) is 0 Å². The fourth-order valence-electron chi connectivity index (χ4n) is 8.01. The van der Waals surface area contributed by atoms with E-state index >= 15 is 0 Å². The van der Waals surface area contributed by atoms with Crippen LogP contribution in [0, 0.1) is 11.7 Å². The van der Waals surface area contributed by atoms with E-state index in [4.69, 9.17) is 37.9 Å². The summed E-state index contributed by atoms with van der Waals surface area (Å²) in [6, 6.07) is 7.82. The Balaban J connectivity index is 1.80. The predicted molar refractivity (Wildman–Crippen MR) is 240 cm³/mol. The molecule has 4 rings (SSSR count). The van der Waals surface area contributed by atoms with Crippen molar-refractivity contribution in [3.63, 3.8) is 0 Å². The van der Waals surface area contributed by atoms with E-state index in [1.54, 1.807) is 19.9 Å². The van der Waals surface area contributed by atoms with E-state index in [9.17, 15) is 9.59 Å². The number of aromatic amines is 1. The number of aromatic nitrogens is 2. The molecule has 0 amide bonds. The molecule has 1 atom stereocenters. The number of fused-ring (bicyclic) bond motifs is 1. The maximum atomic E-state index is 14.7. The molecular weight excluding hydrogens is 747 g/mol. The lowest BCUT2D eigenvalue weighted by molar-refractivity contribution is -0.143. The molecule has 320 valence electrons. The van der Waals surface area contributed by atoms with Crippen molar-refractivity contribution in [2.75, 3.05) is 11.5 Å². The Kier molecular flexibility index (Phi) is 17.8. The highest BCUT2D eigenvalue weighted by Gasteiger charge is 2.43. The molecular formula is C47H71N5O5S. The standard InChI is InChI=1S/C47H71N5O5S/c1-10-11-12-13-14-15-16-17-18-19-20-21-22-23-34-35(48)27-36(49)44(55-29(2)3)41(34)43-40(45(53)56-30(4)5)33(9)50-38(42(43)46(54)57-31(6)7)28-52-39-25-24-32(8)26-37(39)51-47(52)58/h24-27,29-31,43,50H,10-23,28,48-49H2,1-9H3,(H,51,58). The summed E-state index contributed by atoms with van der Waals surface area (Å²) < 4.78 is 20.9. The number of rotatable bonds is 23. The Morgan fingerprint density at radius 1 is 0.759 bits per heavy atom. The highest BCUT2D eigenvalue weighted by Crippen LogP contribution is 2.49. The number of nitrogen functional groups attached to an aromatic ring is 2. The van der Waals surface area contributed by atoms with Crippen LogP contribution in [-0.2, 0) is 32.0 Å². The van der Waals surface area contributed by atoms with Crippen LogP contribution in [0.1, 0.15) is 161 Å². The number of esters is 2. The number of allylic oxidation sites excluding steroid dienone is 2. The second-order valence-electron chi connectivity index (χ2n) is 16.9. The molecule has 10 nitrogen and oxygen atoms in total. The van der Waals surface area contributed by atoms with Gasteiger partial charge in [-0.2, -0.15) is 0 Å². The molecule has 0 saturated heterocycles. The minimum absolute atomic E-state index is 0.192. The summed E-state index contributed by atoms with van der Waals surface area (Å²) in [6.07, 6.45) is 15.5. The quantitative estimate of drug-likeness (QED) is 0.0318. The molecule has 0 fully saturated rings. The van der Waals surface area contributed by atoms with E-state index in [2.05, 4.69) is 17.2 Å². The monoisotopic (exact) mass is 818 g/mol. The average Bonchev–Trinajstić information content (AvgIpc) is 3.43. The van der Waals surface area contributed by atoms with Gasteiger partial charge in [0, 0.05) is 22.6 Å². The molecule has 1 unspecified atom stereocenters. The number of anilines is 2. The van der Waals surface area contributed by atoms with Crippen LogP contribution in [0.2, 0.25) is 0 Å². The molecule has 6 N–H and O–H groups in total. The van der Waals surface area contributed by atoms with Crippen molar-refractivity contribution in [2.45, 2.75) is 183 Å². The first-order valence-electron chi connectivity index (χ1n) is 21.8. The van der Waals surface area contributed by atoms with E-state index in [1.165, 1.54) is 64.2 Å². The topological polar surface area (TPSA) is 147 Å². The van der Waals surface area contributed by atoms with Crippen LogP contribution in [0.25, 0.3) is 11.0 Å². The van der Waals surface area contributed by atoms with Crippen molar-refractivity contribution in [2.24, 2.45) is 0 Å². The Bertz CT molecular complexity index is 1990. The highest BCUT2D eigenvalue weighted by molar-refractivity contribution is 7.71. The predicted octanol–water partition coefficient (Wildman–Crippen LogP) is 11.4. The second kappa shape index (κ2) is 22.2. The van der Waals surface area contributed by atoms with Gasteiger partial charge in [-0.3, -0.25) is 0 Å². The number of unbranched alkanes of at least 4 members (excludes halogenated alkanes) is 12. The number of carbonyl (C=O) groups excluding carboxylic acids is 2. The molecule has 0 spiro atoms. The van der Waals surface area contributed by atoms with E-state index < -0.39 is 30.1 Å². The van der Waals surface area contributed by atoms with Crippen molar-refractivity contribution >= 4 is 46.6 Å². The van der Waals surface area contributed by atoms with Gasteiger partial charge >= 0.3 is 11.9 Å². The fraction of sp³-hybridized carbons (Fsp3) is 0.596. The first-order chi connectivity index (χ1) is 27.6. The lowest BCUT2D eigenvalue weighted by atomic mass is 9.76. The maximum Gasteiger partial charge on any atom is 0.337 e. The third-order valence-electron chi connectivity index (χ3n) is 10.7. The number of ether oxygens (including phenoxy) is 3. The van der Waals surface area contributed by atoms with Crippen LogP contribution in [0.5, 0.6) is 5.75 Å². The summed E-state index contributed by atoms with van der Waals surface area (Å²) in [5, 5.41) is 3.44. The Labute approximate surface area is 352 Å². The number of dihydropyridines is 1. The fourth-order valence-corrected chi connectivity index (χ4v) is 8.28. The van der Waals surface area contributed by atoms with Crippen molar-refractivity contribution in [1.82, 2.24) is 14.9 Å². The number of carbonyl (C=O) groups is 2. The molecule has 1 aliphatic rings. The summed E-state index contributed by atoms with van der Waals surface area (Å²) in [4.78, 5) is 32.4. The number of H-pyrrole nitrogens is 1. The lowest BCUT2D eigenvalue weighted by Gasteiger charge is -2.35. The van der Waals surface area contributed by atoms with Crippen molar-refractivity contribution < 1.29 is 23.8 Å². The zero-order chi connectivity index (χ0) is 42.5. The number of imidazole rings is 1. The highest BCUT2D eigenvalue weighted by atomic mass is 32.1. The molecule has 11 heteroatoms. The largest absolute Gasteiger partial charge is 0.489 e. The number of nitrogens with one attached hydrogen (secondary N) is 2. The zero-order valence-electron chi connectivity index (χ0n) is 36.8. The first-order valence-corrected chi connectivity index (χ1v) is 22.2. The summed E-state index contributed by atoms with van der Waals surface area (Å²) >= 11 is 5.85. The number of aryl methyl sites for hydroxylation is 1. The van der Waals surface area contributed by atoms with E-state index in [1.807, 2.05) is 64.3 Å². The minimum atomic E-state index is -0.980. The van der Waals surface area contributed by atoms with Crippen LogP contribution in [0.3, 0.4) is 0 Å². The molecule has 0 bridgehead atoms. The smallest absolute Gasteiger partial charge is 0.337 e. The average molecular weight is 818 g/mol. The third-order valence-corrected chi connectivity index (χ3v) is 11.0. The second-order valence-corrected chi connectivity index (χ2v) is 17.3. The van der Waals surface area contributed by atoms with Crippen LogP contribution < -0.4 is 21.5 Å². The number of nitrogens with zero attached hydrogens (tertiary/aromatic N) is 1. The van der Waals surface area contributed by atoms with Crippen molar-refractivity contribution in [3.05, 3.63) is 68.3 Å².